The van der Waals surface area contributed by atoms with E-state index >= 15 is 0 Å². The molecule has 0 aliphatic carbocycles. The van der Waals surface area contributed by atoms with E-state index < -0.39 is 23.0 Å². The van der Waals surface area contributed by atoms with Gasteiger partial charge in [0.25, 0.3) is 5.69 Å². The summed E-state index contributed by atoms with van der Waals surface area (Å²) in [5.74, 6) is -0.642. The summed E-state index contributed by atoms with van der Waals surface area (Å²) in [5.41, 5.74) is 1.04. The number of amides is 2. The summed E-state index contributed by atoms with van der Waals surface area (Å²) in [6, 6.07) is 11.4. The highest BCUT2D eigenvalue weighted by Crippen LogP contribution is 2.35. The first-order valence-electron chi connectivity index (χ1n) is 8.40. The highest BCUT2D eigenvalue weighted by Gasteiger charge is 2.35. The molecule has 0 radical (unpaired) electrons. The molecule has 28 heavy (non-hydrogen) atoms. The van der Waals surface area contributed by atoms with E-state index in [-0.39, 0.29) is 28.6 Å². The minimum atomic E-state index is -0.945. The molecule has 144 valence electrons. The number of ether oxygens (including phenoxy) is 1. The lowest BCUT2D eigenvalue weighted by Crippen LogP contribution is -2.45. The van der Waals surface area contributed by atoms with Gasteiger partial charge in [-0.05, 0) is 24.1 Å². The smallest absolute Gasteiger partial charge is 0.338 e. The van der Waals surface area contributed by atoms with Crippen molar-refractivity contribution in [1.82, 2.24) is 10.6 Å². The number of urea groups is 1. The molecule has 8 nitrogen and oxygen atoms in total. The zero-order valence-corrected chi connectivity index (χ0v) is 15.5. The second-order valence-electron chi connectivity index (χ2n) is 5.87. The molecule has 0 saturated carbocycles. The van der Waals surface area contributed by atoms with Crippen LogP contribution in [0, 0.1) is 10.1 Å². The van der Waals surface area contributed by atoms with E-state index in [0.29, 0.717) is 11.1 Å². The summed E-state index contributed by atoms with van der Waals surface area (Å²) < 4.78 is 5.17. The van der Waals surface area contributed by atoms with Gasteiger partial charge in [-0.15, -0.1) is 0 Å². The van der Waals surface area contributed by atoms with Crippen molar-refractivity contribution >= 4 is 35.0 Å². The van der Waals surface area contributed by atoms with E-state index in [4.69, 9.17) is 16.3 Å². The number of carbonyl (C=O) groups is 2. The second kappa shape index (κ2) is 8.10. The molecular weight excluding hydrogens is 386 g/mol. The third-order valence-electron chi connectivity index (χ3n) is 4.13. The highest BCUT2D eigenvalue weighted by atomic mass is 35.5. The van der Waals surface area contributed by atoms with E-state index in [2.05, 4.69) is 10.6 Å². The molecule has 2 amide bonds. The lowest BCUT2D eigenvalue weighted by atomic mass is 9.92. The molecule has 0 spiro atoms. The summed E-state index contributed by atoms with van der Waals surface area (Å²) in [5, 5.41) is 16.5. The van der Waals surface area contributed by atoms with Crippen molar-refractivity contribution < 1.29 is 19.2 Å². The number of hydrogen-bond donors (Lipinski definition) is 2. The van der Waals surface area contributed by atoms with Crippen LogP contribution >= 0.6 is 11.6 Å². The zero-order valence-electron chi connectivity index (χ0n) is 14.8. The van der Waals surface area contributed by atoms with Gasteiger partial charge in [0, 0.05) is 6.07 Å². The minimum absolute atomic E-state index is 0.0426. The van der Waals surface area contributed by atoms with Crippen LogP contribution in [-0.4, -0.2) is 23.5 Å². The average Bonchev–Trinajstić information content (AvgIpc) is 2.68. The molecule has 0 fully saturated rings. The molecule has 1 aliphatic heterocycles. The predicted molar refractivity (Wildman–Crippen MR) is 103 cm³/mol. The van der Waals surface area contributed by atoms with Gasteiger partial charge in [-0.1, -0.05) is 48.0 Å². The standard InChI is InChI=1S/C19H16ClN3O5/c1-2-28-18(24)15-16(11-6-4-3-5-7-11)21-19(25)22-17(15)12-8-9-13(20)14(10-12)23(26)27/h3-10,17H,2H2,1H3,(H2,21,22,25). The van der Waals surface area contributed by atoms with Gasteiger partial charge in [0.2, 0.25) is 0 Å². The van der Waals surface area contributed by atoms with Gasteiger partial charge in [-0.2, -0.15) is 0 Å². The SMILES string of the molecule is CCOC(=O)C1=C(c2ccccc2)NC(=O)NC1c1ccc(Cl)c([N+](=O)[O-])c1. The first kappa shape index (κ1) is 19.4. The van der Waals surface area contributed by atoms with Crippen molar-refractivity contribution in [2.75, 3.05) is 6.61 Å². The first-order chi connectivity index (χ1) is 13.4. The van der Waals surface area contributed by atoms with Crippen LogP contribution in [0.25, 0.3) is 5.70 Å². The maximum atomic E-state index is 12.7. The molecule has 9 heteroatoms. The number of rotatable bonds is 5. The van der Waals surface area contributed by atoms with Gasteiger partial charge in [-0.25, -0.2) is 9.59 Å². The minimum Gasteiger partial charge on any atom is -0.463 e. The molecule has 0 bridgehead atoms. The number of nitro groups is 1. The Bertz CT molecular complexity index is 975. The van der Waals surface area contributed by atoms with E-state index in [9.17, 15) is 19.7 Å². The molecule has 1 unspecified atom stereocenters. The number of hydrogen-bond acceptors (Lipinski definition) is 5. The van der Waals surface area contributed by atoms with Crippen molar-refractivity contribution in [3.8, 4) is 0 Å². The van der Waals surface area contributed by atoms with E-state index in [1.54, 1.807) is 37.3 Å². The van der Waals surface area contributed by atoms with Crippen LogP contribution in [0.5, 0.6) is 0 Å². The second-order valence-corrected chi connectivity index (χ2v) is 6.28. The fourth-order valence-electron chi connectivity index (χ4n) is 2.92. The van der Waals surface area contributed by atoms with Gasteiger partial charge in [0.05, 0.1) is 28.8 Å². The number of nitrogens with zero attached hydrogens (tertiary/aromatic N) is 1. The number of nitrogens with one attached hydrogen (secondary N) is 2. The number of esters is 1. The first-order valence-corrected chi connectivity index (χ1v) is 8.78. The Hall–Kier alpha value is -3.39. The Morgan fingerprint density at radius 2 is 1.96 bits per heavy atom. The average molecular weight is 402 g/mol. The Kier molecular flexibility index (Phi) is 5.60. The fourth-order valence-corrected chi connectivity index (χ4v) is 3.11. The number of benzene rings is 2. The molecule has 0 aromatic heterocycles. The molecule has 0 saturated heterocycles. The summed E-state index contributed by atoms with van der Waals surface area (Å²) in [6.45, 7) is 1.80. The van der Waals surface area contributed by atoms with E-state index in [1.807, 2.05) is 0 Å². The van der Waals surface area contributed by atoms with Crippen LogP contribution in [0.4, 0.5) is 10.5 Å². The maximum absolute atomic E-state index is 12.7. The Morgan fingerprint density at radius 1 is 1.25 bits per heavy atom. The number of halogens is 1. The lowest BCUT2D eigenvalue weighted by molar-refractivity contribution is -0.384. The summed E-state index contributed by atoms with van der Waals surface area (Å²) >= 11 is 5.89. The van der Waals surface area contributed by atoms with Crippen molar-refractivity contribution in [1.29, 1.82) is 0 Å². The maximum Gasteiger partial charge on any atom is 0.338 e. The molecule has 2 aromatic carbocycles. The van der Waals surface area contributed by atoms with E-state index in [1.165, 1.54) is 18.2 Å². The van der Waals surface area contributed by atoms with Crippen LogP contribution in [0.3, 0.4) is 0 Å². The monoisotopic (exact) mass is 401 g/mol. The van der Waals surface area contributed by atoms with Gasteiger partial charge in [0.15, 0.2) is 0 Å². The lowest BCUT2D eigenvalue weighted by Gasteiger charge is -2.29. The van der Waals surface area contributed by atoms with E-state index in [0.717, 1.165) is 0 Å². The molecule has 3 rings (SSSR count). The molecular formula is C19H16ClN3O5. The van der Waals surface area contributed by atoms with Crippen molar-refractivity contribution in [2.45, 2.75) is 13.0 Å². The normalized spacial score (nSPS) is 16.2. The quantitative estimate of drug-likeness (QED) is 0.452. The number of carbonyl (C=O) groups excluding carboxylic acids is 2. The van der Waals surface area contributed by atoms with Gasteiger partial charge >= 0.3 is 12.0 Å². The summed E-state index contributed by atoms with van der Waals surface area (Å²) in [4.78, 5) is 35.6. The van der Waals surface area contributed by atoms with Gasteiger partial charge in [0.1, 0.15) is 5.02 Å². The van der Waals surface area contributed by atoms with Gasteiger partial charge in [-0.3, -0.25) is 10.1 Å². The zero-order chi connectivity index (χ0) is 20.3. The molecule has 2 aromatic rings. The third kappa shape index (κ3) is 3.81. The van der Waals surface area contributed by atoms with Crippen LogP contribution in [0.1, 0.15) is 24.1 Å². The molecule has 2 N–H and O–H groups in total. The van der Waals surface area contributed by atoms with Crippen LogP contribution in [-0.2, 0) is 9.53 Å². The van der Waals surface area contributed by atoms with Crippen molar-refractivity contribution in [2.24, 2.45) is 0 Å². The third-order valence-corrected chi connectivity index (χ3v) is 4.45. The molecule has 1 heterocycles. The van der Waals surface area contributed by atoms with Crippen LogP contribution < -0.4 is 10.6 Å². The van der Waals surface area contributed by atoms with Crippen LogP contribution in [0.15, 0.2) is 54.1 Å². The molecule has 1 aliphatic rings. The predicted octanol–water partition coefficient (Wildman–Crippen LogP) is 3.58. The Balaban J connectivity index is 2.20. The molecule has 1 atom stereocenters. The highest BCUT2D eigenvalue weighted by molar-refractivity contribution is 6.32. The summed E-state index contributed by atoms with van der Waals surface area (Å²) in [7, 11) is 0. The Labute approximate surface area is 165 Å². The van der Waals surface area contributed by atoms with Crippen LogP contribution in [0.2, 0.25) is 5.02 Å². The fraction of sp³-hybridized carbons (Fsp3) is 0.158. The number of nitro benzene ring substituents is 1. The summed E-state index contributed by atoms with van der Waals surface area (Å²) in [6.07, 6.45) is 0. The van der Waals surface area contributed by atoms with Crippen molar-refractivity contribution in [3.05, 3.63) is 80.4 Å². The van der Waals surface area contributed by atoms with Gasteiger partial charge < -0.3 is 15.4 Å². The topological polar surface area (TPSA) is 111 Å². The van der Waals surface area contributed by atoms with Crippen molar-refractivity contribution in [3.63, 3.8) is 0 Å². The Morgan fingerprint density at radius 3 is 2.61 bits per heavy atom. The largest absolute Gasteiger partial charge is 0.463 e.